The van der Waals surface area contributed by atoms with Gasteiger partial charge in [0.15, 0.2) is 0 Å². The van der Waals surface area contributed by atoms with Crippen LogP contribution in [-0.2, 0) is 9.53 Å². The van der Waals surface area contributed by atoms with Crippen LogP contribution in [0.1, 0.15) is 28.8 Å². The van der Waals surface area contributed by atoms with Gasteiger partial charge in [-0.15, -0.1) is 0 Å². The molecule has 0 aliphatic carbocycles. The normalized spacial score (nSPS) is 15.8. The lowest BCUT2D eigenvalue weighted by Gasteiger charge is -2.27. The van der Waals surface area contributed by atoms with Crippen LogP contribution >= 0.6 is 11.8 Å². The summed E-state index contributed by atoms with van der Waals surface area (Å²) in [5.74, 6) is -1.67. The lowest BCUT2D eigenvalue weighted by molar-refractivity contribution is -0.144. The van der Waals surface area contributed by atoms with E-state index in [1.54, 1.807) is 6.07 Å². The Balaban J connectivity index is 1.71. The van der Waals surface area contributed by atoms with Crippen molar-refractivity contribution in [2.45, 2.75) is 29.6 Å². The fraction of sp³-hybridized carbons (Fsp3) is 0.364. The van der Waals surface area contributed by atoms with E-state index in [1.807, 2.05) is 49.4 Å². The van der Waals surface area contributed by atoms with Crippen molar-refractivity contribution in [2.24, 2.45) is 11.8 Å². The van der Waals surface area contributed by atoms with E-state index in [9.17, 15) is 14.7 Å². The molecule has 0 aromatic heterocycles. The van der Waals surface area contributed by atoms with Crippen molar-refractivity contribution < 1.29 is 19.4 Å². The third kappa shape index (κ3) is 5.36. The Morgan fingerprint density at radius 3 is 2.57 bits per heavy atom. The number of hydrogen-bond donors (Lipinski definition) is 2. The van der Waals surface area contributed by atoms with Crippen molar-refractivity contribution in [3.63, 3.8) is 0 Å². The number of carbonyl (C=O) groups is 2. The van der Waals surface area contributed by atoms with Crippen LogP contribution in [0.5, 0.6) is 0 Å². The molecule has 1 saturated heterocycles. The lowest BCUT2D eigenvalue weighted by atomic mass is 9.86. The minimum atomic E-state index is -0.866. The highest BCUT2D eigenvalue weighted by molar-refractivity contribution is 7.99. The third-order valence-electron chi connectivity index (χ3n) is 4.99. The average molecular weight is 400 g/mol. The molecule has 28 heavy (non-hydrogen) atoms. The van der Waals surface area contributed by atoms with Gasteiger partial charge < -0.3 is 15.2 Å². The number of carbonyl (C=O) groups excluding carboxylic acids is 1. The molecule has 1 fully saturated rings. The Morgan fingerprint density at radius 1 is 1.18 bits per heavy atom. The van der Waals surface area contributed by atoms with Crippen LogP contribution in [0.2, 0.25) is 0 Å². The SMILES string of the molecule is Cc1ccc(C(=O)NCC(C(=O)O)C2CCOCC2)c(Sc2ccccc2)c1. The van der Waals surface area contributed by atoms with Gasteiger partial charge in [0.05, 0.1) is 11.5 Å². The zero-order valence-electron chi connectivity index (χ0n) is 15.9. The van der Waals surface area contributed by atoms with Crippen molar-refractivity contribution in [3.8, 4) is 0 Å². The van der Waals surface area contributed by atoms with Gasteiger partial charge in [0.25, 0.3) is 5.91 Å². The molecular weight excluding hydrogens is 374 g/mol. The van der Waals surface area contributed by atoms with Crippen molar-refractivity contribution in [1.82, 2.24) is 5.32 Å². The minimum Gasteiger partial charge on any atom is -0.481 e. The molecule has 0 spiro atoms. The Morgan fingerprint density at radius 2 is 1.89 bits per heavy atom. The third-order valence-corrected chi connectivity index (χ3v) is 6.05. The van der Waals surface area contributed by atoms with Crippen LogP contribution in [0.15, 0.2) is 58.3 Å². The molecule has 3 rings (SSSR count). The highest BCUT2D eigenvalue weighted by atomic mass is 32.2. The van der Waals surface area contributed by atoms with Crippen LogP contribution in [0.25, 0.3) is 0 Å². The Labute approximate surface area is 169 Å². The molecule has 148 valence electrons. The van der Waals surface area contributed by atoms with Crippen LogP contribution in [-0.4, -0.2) is 36.7 Å². The van der Waals surface area contributed by atoms with E-state index in [0.29, 0.717) is 31.6 Å². The Hall–Kier alpha value is -2.31. The first-order chi connectivity index (χ1) is 13.5. The maximum absolute atomic E-state index is 12.8. The summed E-state index contributed by atoms with van der Waals surface area (Å²) in [5.41, 5.74) is 1.64. The van der Waals surface area contributed by atoms with Crippen molar-refractivity contribution in [2.75, 3.05) is 19.8 Å². The smallest absolute Gasteiger partial charge is 0.308 e. The standard InChI is InChI=1S/C22H25NO4S/c1-15-7-8-18(20(13-15)28-17-5-3-2-4-6-17)21(24)23-14-19(22(25)26)16-9-11-27-12-10-16/h2-8,13,16,19H,9-12,14H2,1H3,(H,23,24)(H,25,26). The molecule has 1 amide bonds. The van der Waals surface area contributed by atoms with Gasteiger partial charge >= 0.3 is 5.97 Å². The first-order valence-electron chi connectivity index (χ1n) is 9.47. The van der Waals surface area contributed by atoms with E-state index in [1.165, 1.54) is 11.8 Å². The molecule has 2 aromatic carbocycles. The predicted molar refractivity (Wildman–Crippen MR) is 109 cm³/mol. The number of nitrogens with one attached hydrogen (secondary N) is 1. The van der Waals surface area contributed by atoms with Gasteiger partial charge in [-0.1, -0.05) is 36.0 Å². The van der Waals surface area contributed by atoms with Crippen molar-refractivity contribution >= 4 is 23.6 Å². The summed E-state index contributed by atoms with van der Waals surface area (Å²) < 4.78 is 5.33. The van der Waals surface area contributed by atoms with Gasteiger partial charge in [-0.05, 0) is 55.5 Å². The second kappa shape index (κ2) is 9.75. The fourth-order valence-corrected chi connectivity index (χ4v) is 4.45. The van der Waals surface area contributed by atoms with E-state index < -0.39 is 11.9 Å². The zero-order chi connectivity index (χ0) is 19.9. The molecule has 0 radical (unpaired) electrons. The van der Waals surface area contributed by atoms with Gasteiger partial charge in [0.2, 0.25) is 0 Å². The number of aryl methyl sites for hydroxylation is 1. The molecule has 1 heterocycles. The number of carboxylic acid groups (broad SMARTS) is 1. The summed E-state index contributed by atoms with van der Waals surface area (Å²) in [4.78, 5) is 26.5. The largest absolute Gasteiger partial charge is 0.481 e. The lowest BCUT2D eigenvalue weighted by Crippen LogP contribution is -2.39. The highest BCUT2D eigenvalue weighted by Crippen LogP contribution is 2.31. The number of amides is 1. The summed E-state index contributed by atoms with van der Waals surface area (Å²) in [6.07, 6.45) is 1.43. The number of rotatable bonds is 7. The summed E-state index contributed by atoms with van der Waals surface area (Å²) in [6, 6.07) is 15.6. The average Bonchev–Trinajstić information content (AvgIpc) is 2.69. The maximum Gasteiger partial charge on any atom is 0.308 e. The minimum absolute atomic E-state index is 0.0303. The number of hydrogen-bond acceptors (Lipinski definition) is 4. The van der Waals surface area contributed by atoms with E-state index in [-0.39, 0.29) is 18.4 Å². The van der Waals surface area contributed by atoms with Crippen LogP contribution in [0.4, 0.5) is 0 Å². The first-order valence-corrected chi connectivity index (χ1v) is 10.3. The second-order valence-corrected chi connectivity index (χ2v) is 8.13. The molecule has 2 N–H and O–H groups in total. The quantitative estimate of drug-likeness (QED) is 0.736. The van der Waals surface area contributed by atoms with Crippen LogP contribution in [0, 0.1) is 18.8 Å². The van der Waals surface area contributed by atoms with E-state index >= 15 is 0 Å². The van der Waals surface area contributed by atoms with Crippen molar-refractivity contribution in [3.05, 3.63) is 59.7 Å². The summed E-state index contributed by atoms with van der Waals surface area (Å²) in [5, 5.41) is 12.4. The number of benzene rings is 2. The maximum atomic E-state index is 12.8. The molecular formula is C22H25NO4S. The molecule has 2 aromatic rings. The topological polar surface area (TPSA) is 75.6 Å². The molecule has 1 aliphatic heterocycles. The highest BCUT2D eigenvalue weighted by Gasteiger charge is 2.30. The first kappa shape index (κ1) is 20.4. The zero-order valence-corrected chi connectivity index (χ0v) is 16.7. The summed E-state index contributed by atoms with van der Waals surface area (Å²) >= 11 is 1.53. The van der Waals surface area contributed by atoms with Gasteiger partial charge in [0.1, 0.15) is 0 Å². The molecule has 0 bridgehead atoms. The van der Waals surface area contributed by atoms with Gasteiger partial charge in [-0.25, -0.2) is 0 Å². The van der Waals surface area contributed by atoms with E-state index in [2.05, 4.69) is 5.32 Å². The van der Waals surface area contributed by atoms with E-state index in [4.69, 9.17) is 4.74 Å². The summed E-state index contributed by atoms with van der Waals surface area (Å²) in [6.45, 7) is 3.28. The molecule has 5 nitrogen and oxygen atoms in total. The molecule has 1 unspecified atom stereocenters. The second-order valence-electron chi connectivity index (χ2n) is 7.02. The molecule has 1 aliphatic rings. The van der Waals surface area contributed by atoms with Gasteiger partial charge in [0, 0.05) is 29.5 Å². The number of ether oxygens (including phenoxy) is 1. The number of aliphatic carboxylic acids is 1. The fourth-order valence-electron chi connectivity index (χ4n) is 3.39. The molecule has 6 heteroatoms. The predicted octanol–water partition coefficient (Wildman–Crippen LogP) is 4.00. The van der Waals surface area contributed by atoms with Crippen LogP contribution in [0.3, 0.4) is 0 Å². The Bertz CT molecular complexity index is 819. The monoisotopic (exact) mass is 399 g/mol. The van der Waals surface area contributed by atoms with Crippen molar-refractivity contribution in [1.29, 1.82) is 0 Å². The molecule has 1 atom stereocenters. The van der Waals surface area contributed by atoms with Gasteiger partial charge in [-0.3, -0.25) is 9.59 Å². The van der Waals surface area contributed by atoms with Gasteiger partial charge in [-0.2, -0.15) is 0 Å². The van der Waals surface area contributed by atoms with Crippen LogP contribution < -0.4 is 5.32 Å². The Kier molecular flexibility index (Phi) is 7.12. The number of carboxylic acids is 1. The molecule has 0 saturated carbocycles. The van der Waals surface area contributed by atoms with E-state index in [0.717, 1.165) is 15.4 Å². The summed E-state index contributed by atoms with van der Waals surface area (Å²) in [7, 11) is 0.